The quantitative estimate of drug-likeness (QED) is 0.822. The SMILES string of the molecule is CC(C)NCc1ccc(N2CC(=O)NC(=O)C2)c(Cl)c1. The van der Waals surface area contributed by atoms with E-state index < -0.39 is 0 Å². The van der Waals surface area contributed by atoms with Gasteiger partial charge in [-0.3, -0.25) is 14.9 Å². The average Bonchev–Trinajstić information content (AvgIpc) is 2.35. The number of amides is 2. The highest BCUT2D eigenvalue weighted by atomic mass is 35.5. The minimum atomic E-state index is -0.303. The van der Waals surface area contributed by atoms with Crippen LogP contribution in [0.15, 0.2) is 18.2 Å². The second-order valence-electron chi connectivity index (χ2n) is 5.15. The first kappa shape index (κ1) is 14.8. The van der Waals surface area contributed by atoms with Crippen LogP contribution in [0.4, 0.5) is 5.69 Å². The van der Waals surface area contributed by atoms with Crippen LogP contribution in [0.5, 0.6) is 0 Å². The number of benzene rings is 1. The molecule has 1 saturated heterocycles. The molecule has 2 N–H and O–H groups in total. The van der Waals surface area contributed by atoms with E-state index in [0.29, 0.717) is 16.8 Å². The van der Waals surface area contributed by atoms with E-state index in [2.05, 4.69) is 24.5 Å². The molecule has 0 radical (unpaired) electrons. The van der Waals surface area contributed by atoms with E-state index in [-0.39, 0.29) is 24.9 Å². The average molecular weight is 296 g/mol. The molecule has 1 aliphatic rings. The highest BCUT2D eigenvalue weighted by Crippen LogP contribution is 2.27. The van der Waals surface area contributed by atoms with Crippen molar-refractivity contribution in [2.75, 3.05) is 18.0 Å². The lowest BCUT2D eigenvalue weighted by molar-refractivity contribution is -0.130. The molecule has 0 aromatic heterocycles. The van der Waals surface area contributed by atoms with Gasteiger partial charge in [0.25, 0.3) is 0 Å². The summed E-state index contributed by atoms with van der Waals surface area (Å²) < 4.78 is 0. The number of carbonyl (C=O) groups excluding carboxylic acids is 2. The zero-order chi connectivity index (χ0) is 14.7. The van der Waals surface area contributed by atoms with Crippen LogP contribution in [0.2, 0.25) is 5.02 Å². The van der Waals surface area contributed by atoms with Crippen molar-refractivity contribution in [2.45, 2.75) is 26.4 Å². The van der Waals surface area contributed by atoms with Gasteiger partial charge < -0.3 is 10.2 Å². The van der Waals surface area contributed by atoms with Crippen molar-refractivity contribution in [3.8, 4) is 0 Å². The first-order valence-electron chi connectivity index (χ1n) is 6.55. The van der Waals surface area contributed by atoms with Crippen molar-refractivity contribution < 1.29 is 9.59 Å². The Labute approximate surface area is 123 Å². The van der Waals surface area contributed by atoms with Crippen molar-refractivity contribution in [2.24, 2.45) is 0 Å². The Balaban J connectivity index is 2.12. The fraction of sp³-hybridized carbons (Fsp3) is 0.429. The monoisotopic (exact) mass is 295 g/mol. The Hall–Kier alpha value is -1.59. The van der Waals surface area contributed by atoms with E-state index in [9.17, 15) is 9.59 Å². The Morgan fingerprint density at radius 2 is 1.95 bits per heavy atom. The molecule has 6 heteroatoms. The van der Waals surface area contributed by atoms with E-state index in [4.69, 9.17) is 11.6 Å². The molecule has 2 rings (SSSR count). The van der Waals surface area contributed by atoms with Gasteiger partial charge in [0.1, 0.15) is 0 Å². The Morgan fingerprint density at radius 1 is 1.30 bits per heavy atom. The Kier molecular flexibility index (Phi) is 4.62. The van der Waals surface area contributed by atoms with Crippen molar-refractivity contribution >= 4 is 29.1 Å². The predicted octanol–water partition coefficient (Wildman–Crippen LogP) is 1.30. The van der Waals surface area contributed by atoms with Crippen LogP contribution in [0, 0.1) is 0 Å². The van der Waals surface area contributed by atoms with Gasteiger partial charge in [-0.15, -0.1) is 0 Å². The lowest BCUT2D eigenvalue weighted by atomic mass is 10.1. The largest absolute Gasteiger partial charge is 0.352 e. The van der Waals surface area contributed by atoms with Crippen LogP contribution in [0.1, 0.15) is 19.4 Å². The van der Waals surface area contributed by atoms with E-state index in [1.807, 2.05) is 18.2 Å². The highest BCUT2D eigenvalue weighted by Gasteiger charge is 2.24. The number of imide groups is 1. The van der Waals surface area contributed by atoms with Gasteiger partial charge >= 0.3 is 0 Å². The normalized spacial score (nSPS) is 15.7. The number of piperazine rings is 1. The minimum absolute atomic E-state index is 0.148. The molecule has 20 heavy (non-hydrogen) atoms. The fourth-order valence-electron chi connectivity index (χ4n) is 2.05. The molecule has 2 amide bonds. The van der Waals surface area contributed by atoms with Gasteiger partial charge in [-0.1, -0.05) is 31.5 Å². The lowest BCUT2D eigenvalue weighted by Gasteiger charge is -2.28. The third-order valence-corrected chi connectivity index (χ3v) is 3.32. The first-order chi connectivity index (χ1) is 9.45. The number of nitrogens with one attached hydrogen (secondary N) is 2. The molecule has 0 spiro atoms. The van der Waals surface area contributed by atoms with E-state index in [1.54, 1.807) is 4.90 Å². The molecule has 1 aliphatic heterocycles. The Bertz CT molecular complexity index is 515. The van der Waals surface area contributed by atoms with Crippen LogP contribution < -0.4 is 15.5 Å². The highest BCUT2D eigenvalue weighted by molar-refractivity contribution is 6.33. The number of hydrogen-bond donors (Lipinski definition) is 2. The van der Waals surface area contributed by atoms with Crippen LogP contribution in [0.25, 0.3) is 0 Å². The molecule has 1 heterocycles. The number of carbonyl (C=O) groups is 2. The molecule has 0 saturated carbocycles. The van der Waals surface area contributed by atoms with Crippen molar-refractivity contribution in [1.82, 2.24) is 10.6 Å². The third-order valence-electron chi connectivity index (χ3n) is 3.01. The number of hydrogen-bond acceptors (Lipinski definition) is 4. The first-order valence-corrected chi connectivity index (χ1v) is 6.93. The van der Waals surface area contributed by atoms with Crippen molar-refractivity contribution in [1.29, 1.82) is 0 Å². The number of rotatable bonds is 4. The van der Waals surface area contributed by atoms with Crippen LogP contribution in [-0.4, -0.2) is 30.9 Å². The second-order valence-corrected chi connectivity index (χ2v) is 5.56. The lowest BCUT2D eigenvalue weighted by Crippen LogP contribution is -2.51. The van der Waals surface area contributed by atoms with E-state index in [1.165, 1.54) is 0 Å². The maximum absolute atomic E-state index is 11.4. The summed E-state index contributed by atoms with van der Waals surface area (Å²) in [5.41, 5.74) is 1.78. The van der Waals surface area contributed by atoms with Crippen LogP contribution in [-0.2, 0) is 16.1 Å². The van der Waals surface area contributed by atoms with Gasteiger partial charge in [0.2, 0.25) is 11.8 Å². The summed E-state index contributed by atoms with van der Waals surface area (Å²) in [7, 11) is 0. The molecule has 0 unspecified atom stereocenters. The molecule has 0 bridgehead atoms. The van der Waals surface area contributed by atoms with Crippen molar-refractivity contribution in [3.05, 3.63) is 28.8 Å². The molecule has 0 atom stereocenters. The smallest absolute Gasteiger partial charge is 0.246 e. The van der Waals surface area contributed by atoms with Gasteiger partial charge in [-0.25, -0.2) is 0 Å². The maximum atomic E-state index is 11.4. The van der Waals surface area contributed by atoms with Crippen molar-refractivity contribution in [3.63, 3.8) is 0 Å². The summed E-state index contributed by atoms with van der Waals surface area (Å²) in [5.74, 6) is -0.606. The molecule has 1 aromatic carbocycles. The third kappa shape index (κ3) is 3.71. The molecular formula is C14H18ClN3O2. The standard InChI is InChI=1S/C14H18ClN3O2/c1-9(2)16-6-10-3-4-12(11(15)5-10)18-7-13(19)17-14(20)8-18/h3-5,9,16H,6-8H2,1-2H3,(H,17,19,20). The summed E-state index contributed by atoms with van der Waals surface area (Å²) in [5, 5.41) is 6.13. The van der Waals surface area contributed by atoms with Crippen LogP contribution >= 0.6 is 11.6 Å². The minimum Gasteiger partial charge on any atom is -0.352 e. The van der Waals surface area contributed by atoms with Gasteiger partial charge in [-0.05, 0) is 17.7 Å². The van der Waals surface area contributed by atoms with Crippen LogP contribution in [0.3, 0.4) is 0 Å². The number of halogens is 1. The second kappa shape index (κ2) is 6.24. The summed E-state index contributed by atoms with van der Waals surface area (Å²) >= 11 is 6.26. The Morgan fingerprint density at radius 3 is 2.50 bits per heavy atom. The number of anilines is 1. The van der Waals surface area contributed by atoms with Gasteiger partial charge in [0.15, 0.2) is 0 Å². The molecular weight excluding hydrogens is 278 g/mol. The molecule has 0 aliphatic carbocycles. The van der Waals surface area contributed by atoms with Gasteiger partial charge in [0, 0.05) is 12.6 Å². The van der Waals surface area contributed by atoms with Gasteiger partial charge in [0.05, 0.1) is 23.8 Å². The summed E-state index contributed by atoms with van der Waals surface area (Å²) in [6.45, 7) is 5.18. The summed E-state index contributed by atoms with van der Waals surface area (Å²) in [6.07, 6.45) is 0. The summed E-state index contributed by atoms with van der Waals surface area (Å²) in [6, 6.07) is 6.07. The molecule has 5 nitrogen and oxygen atoms in total. The maximum Gasteiger partial charge on any atom is 0.246 e. The number of nitrogens with zero attached hydrogens (tertiary/aromatic N) is 1. The van der Waals surface area contributed by atoms with E-state index in [0.717, 1.165) is 12.1 Å². The van der Waals surface area contributed by atoms with Gasteiger partial charge in [-0.2, -0.15) is 0 Å². The zero-order valence-electron chi connectivity index (χ0n) is 11.6. The topological polar surface area (TPSA) is 61.4 Å². The fourth-order valence-corrected chi connectivity index (χ4v) is 2.37. The predicted molar refractivity (Wildman–Crippen MR) is 78.8 cm³/mol. The molecule has 1 aromatic rings. The van der Waals surface area contributed by atoms with E-state index >= 15 is 0 Å². The molecule has 1 fully saturated rings. The summed E-state index contributed by atoms with van der Waals surface area (Å²) in [4.78, 5) is 24.5. The molecule has 108 valence electrons. The zero-order valence-corrected chi connectivity index (χ0v) is 12.3.